The third-order valence-corrected chi connectivity index (χ3v) is 5.22. The van der Waals surface area contributed by atoms with E-state index in [0.29, 0.717) is 35.6 Å². The third kappa shape index (κ3) is 5.31. The van der Waals surface area contributed by atoms with Crippen molar-refractivity contribution in [2.75, 3.05) is 26.2 Å². The zero-order valence-corrected chi connectivity index (χ0v) is 17.1. The Hall–Kier alpha value is -2.42. The number of aryl methyl sites for hydroxylation is 1. The fraction of sp³-hybridized carbons (Fsp3) is 0.421. The average molecular weight is 453 g/mol. The number of ether oxygens (including phenoxy) is 1. The number of halogens is 2. The summed E-state index contributed by atoms with van der Waals surface area (Å²) in [5, 5.41) is 6.90. The predicted octanol–water partition coefficient (Wildman–Crippen LogP) is 2.37. The SMILES string of the molecule is Cn1cc(C(=O)NCC2CCN(C(=O)COc3ccc(Br)cc3F)CC2)cn1. The van der Waals surface area contributed by atoms with Crippen LogP contribution in [0.4, 0.5) is 4.39 Å². The molecule has 150 valence electrons. The van der Waals surface area contributed by atoms with Gasteiger partial charge in [0.1, 0.15) is 0 Å². The lowest BCUT2D eigenvalue weighted by atomic mass is 9.96. The van der Waals surface area contributed by atoms with Crippen LogP contribution in [0, 0.1) is 11.7 Å². The van der Waals surface area contributed by atoms with Gasteiger partial charge in [-0.3, -0.25) is 14.3 Å². The largest absolute Gasteiger partial charge is 0.481 e. The third-order valence-electron chi connectivity index (χ3n) is 4.73. The Labute approximate surface area is 171 Å². The van der Waals surface area contributed by atoms with Crippen molar-refractivity contribution in [2.24, 2.45) is 13.0 Å². The molecule has 1 N–H and O–H groups in total. The van der Waals surface area contributed by atoms with Crippen LogP contribution in [0.3, 0.4) is 0 Å². The second-order valence-corrected chi connectivity index (χ2v) is 7.72. The van der Waals surface area contributed by atoms with Gasteiger partial charge in [0.05, 0.1) is 11.8 Å². The number of rotatable bonds is 6. The van der Waals surface area contributed by atoms with Gasteiger partial charge in [0.15, 0.2) is 18.2 Å². The van der Waals surface area contributed by atoms with E-state index in [-0.39, 0.29) is 24.2 Å². The number of amides is 2. The van der Waals surface area contributed by atoms with Gasteiger partial charge < -0.3 is 15.0 Å². The van der Waals surface area contributed by atoms with E-state index in [0.717, 1.165) is 12.8 Å². The molecule has 0 atom stereocenters. The van der Waals surface area contributed by atoms with E-state index in [1.54, 1.807) is 28.9 Å². The van der Waals surface area contributed by atoms with Crippen molar-refractivity contribution in [3.8, 4) is 5.75 Å². The summed E-state index contributed by atoms with van der Waals surface area (Å²) in [5.74, 6) is -0.444. The van der Waals surface area contributed by atoms with E-state index in [1.807, 2.05) is 0 Å². The van der Waals surface area contributed by atoms with Crippen molar-refractivity contribution >= 4 is 27.7 Å². The van der Waals surface area contributed by atoms with Gasteiger partial charge in [0, 0.05) is 37.4 Å². The van der Waals surface area contributed by atoms with Crippen molar-refractivity contribution in [1.82, 2.24) is 20.0 Å². The Bertz CT molecular complexity index is 849. The van der Waals surface area contributed by atoms with Gasteiger partial charge in [-0.1, -0.05) is 15.9 Å². The second kappa shape index (κ2) is 9.18. The Morgan fingerprint density at radius 3 is 2.75 bits per heavy atom. The molecule has 0 radical (unpaired) electrons. The van der Waals surface area contributed by atoms with Crippen LogP contribution >= 0.6 is 15.9 Å². The van der Waals surface area contributed by atoms with Crippen molar-refractivity contribution in [1.29, 1.82) is 0 Å². The molecule has 0 saturated carbocycles. The molecule has 2 aromatic rings. The molecule has 0 unspecified atom stereocenters. The van der Waals surface area contributed by atoms with Crippen LogP contribution in [0.25, 0.3) is 0 Å². The summed E-state index contributed by atoms with van der Waals surface area (Å²) in [6.45, 7) is 1.56. The average Bonchev–Trinajstić information content (AvgIpc) is 3.12. The summed E-state index contributed by atoms with van der Waals surface area (Å²) in [4.78, 5) is 26.1. The van der Waals surface area contributed by atoms with Crippen molar-refractivity contribution in [3.05, 3.63) is 46.4 Å². The minimum Gasteiger partial charge on any atom is -0.481 e. The monoisotopic (exact) mass is 452 g/mol. The molecule has 1 aliphatic heterocycles. The maximum Gasteiger partial charge on any atom is 0.260 e. The topological polar surface area (TPSA) is 76.5 Å². The minimum absolute atomic E-state index is 0.0598. The molecule has 1 aromatic heterocycles. The molecular formula is C19H22BrFN4O3. The minimum atomic E-state index is -0.509. The number of piperidine rings is 1. The lowest BCUT2D eigenvalue weighted by molar-refractivity contribution is -0.134. The molecule has 0 bridgehead atoms. The van der Waals surface area contributed by atoms with Crippen LogP contribution in [0.2, 0.25) is 0 Å². The number of likely N-dealkylation sites (tertiary alicyclic amines) is 1. The number of hydrogen-bond acceptors (Lipinski definition) is 4. The van der Waals surface area contributed by atoms with Crippen LogP contribution < -0.4 is 10.1 Å². The van der Waals surface area contributed by atoms with E-state index in [9.17, 15) is 14.0 Å². The van der Waals surface area contributed by atoms with Crippen LogP contribution in [-0.4, -0.2) is 52.7 Å². The van der Waals surface area contributed by atoms with Crippen LogP contribution in [0.5, 0.6) is 5.75 Å². The summed E-state index contributed by atoms with van der Waals surface area (Å²) < 4.78 is 21.3. The Morgan fingerprint density at radius 2 is 2.11 bits per heavy atom. The molecule has 0 aliphatic carbocycles. The molecule has 1 fully saturated rings. The molecule has 1 saturated heterocycles. The normalized spacial score (nSPS) is 14.8. The van der Waals surface area contributed by atoms with Gasteiger partial charge in [-0.05, 0) is 37.0 Å². The number of carbonyl (C=O) groups excluding carboxylic acids is 2. The van der Waals surface area contributed by atoms with Crippen molar-refractivity contribution < 1.29 is 18.7 Å². The molecule has 9 heteroatoms. The van der Waals surface area contributed by atoms with Gasteiger partial charge in [0.25, 0.3) is 11.8 Å². The van der Waals surface area contributed by atoms with E-state index in [4.69, 9.17) is 4.74 Å². The summed E-state index contributed by atoms with van der Waals surface area (Å²) in [7, 11) is 1.76. The molecule has 0 spiro atoms. The summed E-state index contributed by atoms with van der Waals surface area (Å²) >= 11 is 3.18. The lowest BCUT2D eigenvalue weighted by Crippen LogP contribution is -2.43. The number of nitrogens with one attached hydrogen (secondary N) is 1. The first kappa shape index (κ1) is 20.3. The molecule has 2 amide bonds. The first-order chi connectivity index (χ1) is 13.4. The van der Waals surface area contributed by atoms with E-state index in [1.165, 1.54) is 18.3 Å². The van der Waals surface area contributed by atoms with E-state index in [2.05, 4.69) is 26.3 Å². The molecule has 7 nitrogen and oxygen atoms in total. The van der Waals surface area contributed by atoms with Crippen molar-refractivity contribution in [3.63, 3.8) is 0 Å². The number of hydrogen-bond donors (Lipinski definition) is 1. The molecule has 28 heavy (non-hydrogen) atoms. The van der Waals surface area contributed by atoms with E-state index < -0.39 is 5.82 Å². The maximum absolute atomic E-state index is 13.7. The van der Waals surface area contributed by atoms with Gasteiger partial charge in [-0.15, -0.1) is 0 Å². The Morgan fingerprint density at radius 1 is 1.36 bits per heavy atom. The fourth-order valence-corrected chi connectivity index (χ4v) is 3.42. The predicted molar refractivity (Wildman–Crippen MR) is 104 cm³/mol. The lowest BCUT2D eigenvalue weighted by Gasteiger charge is -2.32. The molecule has 1 aromatic carbocycles. The van der Waals surface area contributed by atoms with Crippen LogP contribution in [-0.2, 0) is 11.8 Å². The zero-order valence-electron chi connectivity index (χ0n) is 15.5. The van der Waals surface area contributed by atoms with Gasteiger partial charge in [0.2, 0.25) is 0 Å². The summed E-state index contributed by atoms with van der Waals surface area (Å²) in [6.07, 6.45) is 4.80. The quantitative estimate of drug-likeness (QED) is 0.729. The smallest absolute Gasteiger partial charge is 0.260 e. The van der Waals surface area contributed by atoms with Gasteiger partial charge in [-0.25, -0.2) is 4.39 Å². The molecule has 1 aliphatic rings. The molecule has 3 rings (SSSR count). The van der Waals surface area contributed by atoms with E-state index >= 15 is 0 Å². The first-order valence-corrected chi connectivity index (χ1v) is 9.84. The fourth-order valence-electron chi connectivity index (χ4n) is 3.09. The summed E-state index contributed by atoms with van der Waals surface area (Å²) in [5.41, 5.74) is 0.535. The molecular weight excluding hydrogens is 431 g/mol. The molecule has 2 heterocycles. The number of aromatic nitrogens is 2. The number of benzene rings is 1. The highest BCUT2D eigenvalue weighted by Gasteiger charge is 2.24. The Balaban J connectivity index is 1.39. The number of nitrogens with zero attached hydrogens (tertiary/aromatic N) is 3. The first-order valence-electron chi connectivity index (χ1n) is 9.05. The van der Waals surface area contributed by atoms with Crippen LogP contribution in [0.15, 0.2) is 35.1 Å². The van der Waals surface area contributed by atoms with Gasteiger partial charge >= 0.3 is 0 Å². The maximum atomic E-state index is 13.7. The second-order valence-electron chi connectivity index (χ2n) is 6.80. The highest BCUT2D eigenvalue weighted by molar-refractivity contribution is 9.10. The standard InChI is InChI=1S/C19H22BrFN4O3/c1-24-11-14(10-23-24)19(27)22-9-13-4-6-25(7-5-13)18(26)12-28-17-3-2-15(20)8-16(17)21/h2-3,8,10-11,13H,4-7,9,12H2,1H3,(H,22,27). The van der Waals surface area contributed by atoms with Gasteiger partial charge in [-0.2, -0.15) is 5.10 Å². The van der Waals surface area contributed by atoms with Crippen molar-refractivity contribution in [2.45, 2.75) is 12.8 Å². The highest BCUT2D eigenvalue weighted by Crippen LogP contribution is 2.22. The van der Waals surface area contributed by atoms with Crippen LogP contribution in [0.1, 0.15) is 23.2 Å². The zero-order chi connectivity index (χ0) is 20.1. The summed E-state index contributed by atoms with van der Waals surface area (Å²) in [6, 6.07) is 4.45. The highest BCUT2D eigenvalue weighted by atomic mass is 79.9. The Kier molecular flexibility index (Phi) is 6.66. The number of carbonyl (C=O) groups is 2.